The van der Waals surface area contributed by atoms with Crippen molar-refractivity contribution < 1.29 is 9.90 Å². The Morgan fingerprint density at radius 2 is 2.33 bits per heavy atom. The number of Topliss-reactive ketones (excluding diaryl/α,β-unsaturated/α-hetero) is 1. The summed E-state index contributed by atoms with van der Waals surface area (Å²) >= 11 is 0. The standard InChI is InChI=1S/C10H18O2/c1-2-8-3-4-10(12)9(7-8)5-6-11/h8-9,11H,2-7H2,1H3. The molecule has 0 bridgehead atoms. The SMILES string of the molecule is CCC1CCC(=O)C(CCO)C1. The molecule has 2 unspecified atom stereocenters. The van der Waals surface area contributed by atoms with Crippen LogP contribution in [0.3, 0.4) is 0 Å². The van der Waals surface area contributed by atoms with E-state index in [1.165, 1.54) is 6.42 Å². The van der Waals surface area contributed by atoms with Crippen LogP contribution in [0.4, 0.5) is 0 Å². The first-order valence-corrected chi connectivity index (χ1v) is 4.91. The first-order valence-electron chi connectivity index (χ1n) is 4.91. The molecule has 0 heterocycles. The van der Waals surface area contributed by atoms with E-state index in [-0.39, 0.29) is 12.5 Å². The fourth-order valence-electron chi connectivity index (χ4n) is 2.01. The van der Waals surface area contributed by atoms with Gasteiger partial charge in [0.2, 0.25) is 0 Å². The Morgan fingerprint density at radius 3 is 2.92 bits per heavy atom. The van der Waals surface area contributed by atoms with Crippen LogP contribution in [-0.2, 0) is 4.79 Å². The average Bonchev–Trinajstić information content (AvgIpc) is 2.09. The van der Waals surface area contributed by atoms with Crippen molar-refractivity contribution >= 4 is 5.78 Å². The molecule has 0 amide bonds. The highest BCUT2D eigenvalue weighted by molar-refractivity contribution is 5.81. The van der Waals surface area contributed by atoms with Crippen LogP contribution in [0.2, 0.25) is 0 Å². The number of rotatable bonds is 3. The number of ketones is 1. The molecule has 0 spiro atoms. The predicted octanol–water partition coefficient (Wildman–Crippen LogP) is 1.76. The summed E-state index contributed by atoms with van der Waals surface area (Å²) in [6, 6.07) is 0. The molecular weight excluding hydrogens is 152 g/mol. The Kier molecular flexibility index (Phi) is 3.73. The molecule has 2 nitrogen and oxygen atoms in total. The molecule has 0 saturated heterocycles. The van der Waals surface area contributed by atoms with E-state index in [1.807, 2.05) is 0 Å². The number of hydrogen-bond donors (Lipinski definition) is 1. The van der Waals surface area contributed by atoms with Gasteiger partial charge in [-0.25, -0.2) is 0 Å². The van der Waals surface area contributed by atoms with Gasteiger partial charge < -0.3 is 5.11 Å². The molecule has 1 N–H and O–H groups in total. The third-order valence-electron chi connectivity index (χ3n) is 2.93. The van der Waals surface area contributed by atoms with E-state index in [0.29, 0.717) is 12.2 Å². The quantitative estimate of drug-likeness (QED) is 0.700. The van der Waals surface area contributed by atoms with E-state index in [2.05, 4.69) is 6.92 Å². The minimum atomic E-state index is 0.160. The van der Waals surface area contributed by atoms with Gasteiger partial charge in [0, 0.05) is 18.9 Å². The van der Waals surface area contributed by atoms with Crippen molar-refractivity contribution in [1.82, 2.24) is 0 Å². The Bertz CT molecular complexity index is 154. The molecule has 2 heteroatoms. The molecule has 1 saturated carbocycles. The van der Waals surface area contributed by atoms with Crippen molar-refractivity contribution in [2.75, 3.05) is 6.61 Å². The van der Waals surface area contributed by atoms with E-state index in [4.69, 9.17) is 5.11 Å². The van der Waals surface area contributed by atoms with Crippen molar-refractivity contribution in [3.63, 3.8) is 0 Å². The summed E-state index contributed by atoms with van der Waals surface area (Å²) in [6.07, 6.45) is 4.67. The second-order valence-corrected chi connectivity index (χ2v) is 3.72. The van der Waals surface area contributed by atoms with Gasteiger partial charge in [-0.05, 0) is 25.2 Å². The van der Waals surface area contributed by atoms with Gasteiger partial charge in [0.05, 0.1) is 0 Å². The lowest BCUT2D eigenvalue weighted by molar-refractivity contribution is -0.126. The maximum Gasteiger partial charge on any atom is 0.136 e. The molecule has 0 aliphatic heterocycles. The van der Waals surface area contributed by atoms with Crippen LogP contribution < -0.4 is 0 Å². The van der Waals surface area contributed by atoms with Crippen LogP contribution in [0.1, 0.15) is 39.0 Å². The van der Waals surface area contributed by atoms with Crippen LogP contribution in [0.25, 0.3) is 0 Å². The van der Waals surface area contributed by atoms with Crippen molar-refractivity contribution in [1.29, 1.82) is 0 Å². The smallest absolute Gasteiger partial charge is 0.136 e. The zero-order chi connectivity index (χ0) is 8.97. The van der Waals surface area contributed by atoms with Crippen molar-refractivity contribution in [3.05, 3.63) is 0 Å². The third-order valence-corrected chi connectivity index (χ3v) is 2.93. The van der Waals surface area contributed by atoms with Crippen molar-refractivity contribution in [2.24, 2.45) is 11.8 Å². The molecule has 70 valence electrons. The van der Waals surface area contributed by atoms with E-state index in [9.17, 15) is 4.79 Å². The van der Waals surface area contributed by atoms with E-state index >= 15 is 0 Å². The summed E-state index contributed by atoms with van der Waals surface area (Å²) in [7, 11) is 0. The zero-order valence-electron chi connectivity index (χ0n) is 7.75. The third kappa shape index (κ3) is 2.31. The summed E-state index contributed by atoms with van der Waals surface area (Å²) in [6.45, 7) is 2.34. The Morgan fingerprint density at radius 1 is 1.58 bits per heavy atom. The number of aliphatic hydroxyl groups excluding tert-OH is 1. The molecular formula is C10H18O2. The second-order valence-electron chi connectivity index (χ2n) is 3.72. The Balaban J connectivity index is 2.41. The monoisotopic (exact) mass is 170 g/mol. The number of aliphatic hydroxyl groups is 1. The normalized spacial score (nSPS) is 30.7. The Labute approximate surface area is 74.0 Å². The van der Waals surface area contributed by atoms with Gasteiger partial charge in [0.15, 0.2) is 0 Å². The summed E-state index contributed by atoms with van der Waals surface area (Å²) in [4.78, 5) is 11.3. The fraction of sp³-hybridized carbons (Fsp3) is 0.900. The lowest BCUT2D eigenvalue weighted by Gasteiger charge is -2.26. The number of hydrogen-bond acceptors (Lipinski definition) is 2. The topological polar surface area (TPSA) is 37.3 Å². The van der Waals surface area contributed by atoms with Gasteiger partial charge in [-0.1, -0.05) is 13.3 Å². The van der Waals surface area contributed by atoms with E-state index < -0.39 is 0 Å². The van der Waals surface area contributed by atoms with Crippen molar-refractivity contribution in [3.8, 4) is 0 Å². The van der Waals surface area contributed by atoms with E-state index in [0.717, 1.165) is 25.2 Å². The first kappa shape index (κ1) is 9.72. The molecule has 1 fully saturated rings. The molecule has 1 rings (SSSR count). The maximum atomic E-state index is 11.3. The predicted molar refractivity (Wildman–Crippen MR) is 47.8 cm³/mol. The average molecular weight is 170 g/mol. The fourth-order valence-corrected chi connectivity index (χ4v) is 2.01. The number of carbonyl (C=O) groups is 1. The maximum absolute atomic E-state index is 11.3. The van der Waals surface area contributed by atoms with Crippen LogP contribution in [0.5, 0.6) is 0 Å². The highest BCUT2D eigenvalue weighted by Crippen LogP contribution is 2.30. The molecule has 2 atom stereocenters. The largest absolute Gasteiger partial charge is 0.396 e. The van der Waals surface area contributed by atoms with Crippen LogP contribution in [0.15, 0.2) is 0 Å². The molecule has 12 heavy (non-hydrogen) atoms. The number of carbonyl (C=O) groups excluding carboxylic acids is 1. The van der Waals surface area contributed by atoms with Gasteiger partial charge >= 0.3 is 0 Å². The van der Waals surface area contributed by atoms with Gasteiger partial charge in [-0.3, -0.25) is 4.79 Å². The minimum Gasteiger partial charge on any atom is -0.396 e. The highest BCUT2D eigenvalue weighted by atomic mass is 16.3. The second kappa shape index (κ2) is 4.61. The molecule has 1 aliphatic rings. The molecule has 0 aromatic rings. The van der Waals surface area contributed by atoms with Crippen LogP contribution >= 0.6 is 0 Å². The molecule has 0 aromatic carbocycles. The summed E-state index contributed by atoms with van der Waals surface area (Å²) in [5.74, 6) is 1.25. The summed E-state index contributed by atoms with van der Waals surface area (Å²) in [5.41, 5.74) is 0. The first-order chi connectivity index (χ1) is 5.77. The lowest BCUT2D eigenvalue weighted by atomic mass is 9.78. The van der Waals surface area contributed by atoms with Crippen LogP contribution in [-0.4, -0.2) is 17.5 Å². The Hall–Kier alpha value is -0.370. The van der Waals surface area contributed by atoms with E-state index in [1.54, 1.807) is 0 Å². The van der Waals surface area contributed by atoms with Gasteiger partial charge in [0.1, 0.15) is 5.78 Å². The summed E-state index contributed by atoms with van der Waals surface area (Å²) in [5, 5.41) is 8.74. The lowest BCUT2D eigenvalue weighted by Crippen LogP contribution is -2.25. The van der Waals surface area contributed by atoms with Gasteiger partial charge in [-0.2, -0.15) is 0 Å². The van der Waals surface area contributed by atoms with Crippen molar-refractivity contribution in [2.45, 2.75) is 39.0 Å². The van der Waals surface area contributed by atoms with Gasteiger partial charge in [0.25, 0.3) is 0 Å². The summed E-state index contributed by atoms with van der Waals surface area (Å²) < 4.78 is 0. The molecule has 1 aliphatic carbocycles. The molecule has 0 aromatic heterocycles. The highest BCUT2D eigenvalue weighted by Gasteiger charge is 2.26. The zero-order valence-corrected chi connectivity index (χ0v) is 7.75. The molecule has 0 radical (unpaired) electrons. The van der Waals surface area contributed by atoms with Crippen LogP contribution in [0, 0.1) is 11.8 Å². The van der Waals surface area contributed by atoms with Gasteiger partial charge in [-0.15, -0.1) is 0 Å². The minimum absolute atomic E-state index is 0.160.